The third-order valence-corrected chi connectivity index (χ3v) is 5.86. The maximum atomic E-state index is 13.2. The molecule has 0 aliphatic carbocycles. The molecule has 12 heteroatoms. The van der Waals surface area contributed by atoms with Crippen molar-refractivity contribution in [1.82, 2.24) is 30.5 Å². The summed E-state index contributed by atoms with van der Waals surface area (Å²) in [4.78, 5) is 26.0. The second-order valence-electron chi connectivity index (χ2n) is 8.32. The van der Waals surface area contributed by atoms with E-state index in [9.17, 15) is 18.0 Å². The van der Waals surface area contributed by atoms with Crippen LogP contribution in [0.5, 0.6) is 5.75 Å². The van der Waals surface area contributed by atoms with Gasteiger partial charge < -0.3 is 19.9 Å². The number of imidazole rings is 1. The van der Waals surface area contributed by atoms with E-state index in [1.165, 1.54) is 18.2 Å². The lowest BCUT2D eigenvalue weighted by molar-refractivity contribution is -0.139. The number of hydrogen-bond acceptors (Lipinski definition) is 7. The number of halogens is 3. The number of ether oxygens (including phenoxy) is 1. The van der Waals surface area contributed by atoms with E-state index in [2.05, 4.69) is 30.5 Å². The Morgan fingerprint density at radius 3 is 2.61 bits per heavy atom. The molecule has 1 saturated heterocycles. The zero-order chi connectivity index (χ0) is 25.1. The lowest BCUT2D eigenvalue weighted by atomic mass is 10.1. The molecule has 2 N–H and O–H groups in total. The Bertz CT molecular complexity index is 1320. The molecule has 0 saturated carbocycles. The number of benzene rings is 1. The van der Waals surface area contributed by atoms with Crippen LogP contribution >= 0.6 is 0 Å². The fourth-order valence-corrected chi connectivity index (χ4v) is 4.03. The lowest BCUT2D eigenvalue weighted by Gasteiger charge is -2.33. The minimum absolute atomic E-state index is 0.155. The van der Waals surface area contributed by atoms with Gasteiger partial charge in [0.25, 0.3) is 5.91 Å². The summed E-state index contributed by atoms with van der Waals surface area (Å²) in [6.07, 6.45) is -2.10. The monoisotopic (exact) mass is 497 g/mol. The summed E-state index contributed by atoms with van der Waals surface area (Å²) in [6.45, 7) is 1.27. The van der Waals surface area contributed by atoms with Crippen LogP contribution in [0.15, 0.2) is 54.7 Å². The summed E-state index contributed by atoms with van der Waals surface area (Å²) in [5.41, 5.74) is 0.744. The van der Waals surface area contributed by atoms with Crippen molar-refractivity contribution in [3.05, 3.63) is 71.8 Å². The molecule has 5 rings (SSSR count). The number of rotatable bonds is 6. The molecular weight excluding hydrogens is 475 g/mol. The van der Waals surface area contributed by atoms with E-state index < -0.39 is 17.6 Å². The summed E-state index contributed by atoms with van der Waals surface area (Å²) < 4.78 is 45.3. The number of para-hydroxylation sites is 1. The molecule has 1 aliphatic heterocycles. The summed E-state index contributed by atoms with van der Waals surface area (Å²) in [7, 11) is 0. The maximum Gasteiger partial charge on any atom is 0.419 e. The molecule has 0 spiro atoms. The van der Waals surface area contributed by atoms with Crippen LogP contribution in [-0.2, 0) is 12.7 Å². The van der Waals surface area contributed by atoms with Crippen LogP contribution in [-0.4, -0.2) is 50.2 Å². The van der Waals surface area contributed by atoms with E-state index in [0.29, 0.717) is 43.2 Å². The Hall–Kier alpha value is -4.22. The Balaban J connectivity index is 1.14. The van der Waals surface area contributed by atoms with Crippen LogP contribution in [0.25, 0.3) is 11.2 Å². The van der Waals surface area contributed by atoms with Crippen LogP contribution in [0.3, 0.4) is 0 Å². The van der Waals surface area contributed by atoms with Gasteiger partial charge >= 0.3 is 6.18 Å². The van der Waals surface area contributed by atoms with Crippen molar-refractivity contribution in [3.63, 3.8) is 0 Å². The normalized spacial score (nSPS) is 14.7. The quantitative estimate of drug-likeness (QED) is 0.418. The van der Waals surface area contributed by atoms with Crippen LogP contribution in [0.1, 0.15) is 34.7 Å². The van der Waals surface area contributed by atoms with Crippen LogP contribution < -0.4 is 15.0 Å². The number of carbonyl (C=O) groups is 1. The maximum absolute atomic E-state index is 13.2. The van der Waals surface area contributed by atoms with E-state index >= 15 is 0 Å². The van der Waals surface area contributed by atoms with Crippen molar-refractivity contribution < 1.29 is 22.7 Å². The van der Waals surface area contributed by atoms with Gasteiger partial charge in [-0.3, -0.25) is 4.79 Å². The standard InChI is InChI=1S/C24H22F3N7O2/c25-24(26,27)16-4-1-2-6-19(16)36-15-9-12-34(13-10-15)21-8-7-18(32-33-21)23(35)29-14-20-30-17-5-3-11-28-22(17)31-20/h1-8,11,15H,9-10,12-14H2,(H,29,35)(H,28,30,31). The Morgan fingerprint density at radius 1 is 1.08 bits per heavy atom. The van der Waals surface area contributed by atoms with Crippen molar-refractivity contribution in [2.45, 2.75) is 31.7 Å². The third kappa shape index (κ3) is 5.21. The fourth-order valence-electron chi connectivity index (χ4n) is 4.03. The number of H-pyrrole nitrogens is 1. The number of hydrogen-bond donors (Lipinski definition) is 2. The number of piperidine rings is 1. The first kappa shape index (κ1) is 23.5. The van der Waals surface area contributed by atoms with Gasteiger partial charge in [-0.05, 0) is 36.4 Å². The van der Waals surface area contributed by atoms with Gasteiger partial charge in [0, 0.05) is 32.1 Å². The van der Waals surface area contributed by atoms with Gasteiger partial charge in [-0.1, -0.05) is 12.1 Å². The average molecular weight is 497 g/mol. The second kappa shape index (κ2) is 9.80. The minimum Gasteiger partial charge on any atom is -0.490 e. The SMILES string of the molecule is O=C(NCc1nc2ncccc2[nH]1)c1ccc(N2CCC(Oc3ccccc3C(F)(F)F)CC2)nn1. The van der Waals surface area contributed by atoms with Gasteiger partial charge in [0.1, 0.15) is 17.7 Å². The van der Waals surface area contributed by atoms with E-state index in [-0.39, 0.29) is 24.1 Å². The first-order valence-electron chi connectivity index (χ1n) is 11.4. The Labute approximate surface area is 203 Å². The predicted molar refractivity (Wildman–Crippen MR) is 124 cm³/mol. The summed E-state index contributed by atoms with van der Waals surface area (Å²) in [5, 5.41) is 10.9. The molecule has 1 aromatic carbocycles. The van der Waals surface area contributed by atoms with Crippen molar-refractivity contribution in [2.75, 3.05) is 18.0 Å². The Morgan fingerprint density at radius 2 is 1.89 bits per heavy atom. The highest BCUT2D eigenvalue weighted by Crippen LogP contribution is 2.37. The highest BCUT2D eigenvalue weighted by Gasteiger charge is 2.35. The van der Waals surface area contributed by atoms with Crippen LogP contribution in [0, 0.1) is 0 Å². The van der Waals surface area contributed by atoms with Crippen LogP contribution in [0.4, 0.5) is 19.0 Å². The molecule has 36 heavy (non-hydrogen) atoms. The van der Waals surface area contributed by atoms with Crippen molar-refractivity contribution in [2.24, 2.45) is 0 Å². The predicted octanol–water partition coefficient (Wildman–Crippen LogP) is 3.74. The first-order valence-corrected chi connectivity index (χ1v) is 11.4. The van der Waals surface area contributed by atoms with E-state index in [0.717, 1.165) is 11.6 Å². The minimum atomic E-state index is -4.47. The number of anilines is 1. The molecule has 0 radical (unpaired) electrons. The largest absolute Gasteiger partial charge is 0.490 e. The van der Waals surface area contributed by atoms with Gasteiger partial charge in [-0.2, -0.15) is 13.2 Å². The van der Waals surface area contributed by atoms with Crippen molar-refractivity contribution >= 4 is 22.9 Å². The smallest absolute Gasteiger partial charge is 0.419 e. The molecule has 186 valence electrons. The van der Waals surface area contributed by atoms with Gasteiger partial charge in [-0.15, -0.1) is 10.2 Å². The highest BCUT2D eigenvalue weighted by molar-refractivity contribution is 5.92. The number of aromatic amines is 1. The molecule has 1 fully saturated rings. The van der Waals surface area contributed by atoms with Gasteiger partial charge in [0.2, 0.25) is 0 Å². The van der Waals surface area contributed by atoms with Gasteiger partial charge in [0.15, 0.2) is 17.2 Å². The summed E-state index contributed by atoms with van der Waals surface area (Å²) in [6, 6.07) is 12.2. The number of nitrogens with one attached hydrogen (secondary N) is 2. The Kier molecular flexibility index (Phi) is 6.40. The van der Waals surface area contributed by atoms with Crippen molar-refractivity contribution in [3.8, 4) is 5.75 Å². The zero-order valence-electron chi connectivity index (χ0n) is 19.0. The van der Waals surface area contributed by atoms with Gasteiger partial charge in [0.05, 0.1) is 17.6 Å². The molecule has 3 aromatic heterocycles. The summed E-state index contributed by atoms with van der Waals surface area (Å²) >= 11 is 0. The molecule has 4 aromatic rings. The fraction of sp³-hybridized carbons (Fsp3) is 0.292. The molecule has 0 atom stereocenters. The van der Waals surface area contributed by atoms with E-state index in [1.807, 2.05) is 11.0 Å². The first-order chi connectivity index (χ1) is 17.4. The number of carbonyl (C=O) groups excluding carboxylic acids is 1. The topological polar surface area (TPSA) is 109 Å². The number of pyridine rings is 1. The second-order valence-corrected chi connectivity index (χ2v) is 8.32. The number of nitrogens with zero attached hydrogens (tertiary/aromatic N) is 5. The molecule has 1 aliphatic rings. The summed E-state index contributed by atoms with van der Waals surface area (Å²) in [5.74, 6) is 0.615. The molecule has 4 heterocycles. The number of fused-ring (bicyclic) bond motifs is 1. The van der Waals surface area contributed by atoms with E-state index in [4.69, 9.17) is 4.74 Å². The molecule has 9 nitrogen and oxygen atoms in total. The zero-order valence-corrected chi connectivity index (χ0v) is 19.0. The molecule has 1 amide bonds. The van der Waals surface area contributed by atoms with Crippen LogP contribution in [0.2, 0.25) is 0 Å². The molecule has 0 unspecified atom stereocenters. The molecule has 0 bridgehead atoms. The number of aromatic nitrogens is 5. The third-order valence-electron chi connectivity index (χ3n) is 5.86. The van der Waals surface area contributed by atoms with E-state index in [1.54, 1.807) is 24.4 Å². The highest BCUT2D eigenvalue weighted by atomic mass is 19.4. The number of alkyl halides is 3. The van der Waals surface area contributed by atoms with Gasteiger partial charge in [-0.25, -0.2) is 9.97 Å². The lowest BCUT2D eigenvalue weighted by Crippen LogP contribution is -2.39. The average Bonchev–Trinajstić information content (AvgIpc) is 3.31. The number of amides is 1. The molecular formula is C24H22F3N7O2. The van der Waals surface area contributed by atoms with Crippen molar-refractivity contribution in [1.29, 1.82) is 0 Å².